The first-order valence-corrected chi connectivity index (χ1v) is 3.83. The molecule has 0 amide bonds. The maximum absolute atomic E-state index is 12.6. The Kier molecular flexibility index (Phi) is 3.28. The third-order valence-corrected chi connectivity index (χ3v) is 1.71. The number of hydrogen-bond acceptors (Lipinski definition) is 4. The molecule has 0 aliphatic rings. The fourth-order valence-electron chi connectivity index (χ4n) is 0.915. The second-order valence-electron chi connectivity index (χ2n) is 2.77. The molecule has 2 unspecified atom stereocenters. The van der Waals surface area contributed by atoms with E-state index < -0.39 is 29.9 Å². The molecule has 0 aliphatic carbocycles. The van der Waals surface area contributed by atoms with Crippen LogP contribution >= 0.6 is 0 Å². The first kappa shape index (κ1) is 11.5. The van der Waals surface area contributed by atoms with Gasteiger partial charge in [-0.2, -0.15) is 4.39 Å². The first-order chi connectivity index (χ1) is 6.93. The van der Waals surface area contributed by atoms with Crippen molar-refractivity contribution in [1.82, 2.24) is 4.98 Å². The molecule has 1 aromatic heterocycles. The summed E-state index contributed by atoms with van der Waals surface area (Å²) in [6.07, 6.45) is -3.23. The minimum Gasteiger partial charge on any atom is -0.479 e. The summed E-state index contributed by atoms with van der Waals surface area (Å²) < 4.78 is 25.0. The molecule has 1 rings (SSSR count). The maximum atomic E-state index is 12.6. The molecule has 15 heavy (non-hydrogen) atoms. The Hall–Kier alpha value is -1.60. The van der Waals surface area contributed by atoms with Gasteiger partial charge in [0.05, 0.1) is 0 Å². The molecular formula is C8H7F2NO4. The van der Waals surface area contributed by atoms with E-state index in [-0.39, 0.29) is 5.56 Å². The van der Waals surface area contributed by atoms with Crippen LogP contribution in [0.4, 0.5) is 8.78 Å². The highest BCUT2D eigenvalue weighted by molar-refractivity contribution is 5.73. The number of aliphatic hydroxyl groups is 2. The van der Waals surface area contributed by atoms with Gasteiger partial charge in [0, 0.05) is 11.8 Å². The maximum Gasteiger partial charge on any atom is 0.335 e. The second-order valence-corrected chi connectivity index (χ2v) is 2.77. The number of carbonyl (C=O) groups is 1. The lowest BCUT2D eigenvalue weighted by atomic mass is 10.1. The van der Waals surface area contributed by atoms with Gasteiger partial charge in [-0.25, -0.2) is 14.2 Å². The van der Waals surface area contributed by atoms with E-state index >= 15 is 0 Å². The Labute approximate surface area is 82.6 Å². The molecule has 2 atom stereocenters. The largest absolute Gasteiger partial charge is 0.479 e. The van der Waals surface area contributed by atoms with Gasteiger partial charge < -0.3 is 15.3 Å². The third kappa shape index (κ3) is 2.45. The van der Waals surface area contributed by atoms with Gasteiger partial charge in [-0.1, -0.05) is 0 Å². The number of aromatic nitrogens is 1. The van der Waals surface area contributed by atoms with Crippen LogP contribution in [0.2, 0.25) is 0 Å². The van der Waals surface area contributed by atoms with Gasteiger partial charge in [0.1, 0.15) is 6.10 Å². The van der Waals surface area contributed by atoms with Crippen LogP contribution < -0.4 is 0 Å². The zero-order chi connectivity index (χ0) is 11.6. The average molecular weight is 219 g/mol. The minimum atomic E-state index is -2.11. The fourth-order valence-corrected chi connectivity index (χ4v) is 0.915. The van der Waals surface area contributed by atoms with Gasteiger partial charge in [-0.15, -0.1) is 0 Å². The lowest BCUT2D eigenvalue weighted by Gasteiger charge is -2.13. The molecule has 0 radical (unpaired) electrons. The van der Waals surface area contributed by atoms with Crippen molar-refractivity contribution in [2.24, 2.45) is 0 Å². The molecule has 3 N–H and O–H groups in total. The lowest BCUT2D eigenvalue weighted by molar-refractivity contribution is -0.153. The molecule has 0 aromatic carbocycles. The van der Waals surface area contributed by atoms with Crippen molar-refractivity contribution >= 4 is 5.97 Å². The third-order valence-electron chi connectivity index (χ3n) is 1.71. The van der Waals surface area contributed by atoms with Crippen LogP contribution in [-0.2, 0) is 4.79 Å². The summed E-state index contributed by atoms with van der Waals surface area (Å²) in [7, 11) is 0. The van der Waals surface area contributed by atoms with Crippen LogP contribution in [0.1, 0.15) is 11.7 Å². The number of aliphatic hydroxyl groups excluding tert-OH is 2. The van der Waals surface area contributed by atoms with E-state index in [1.165, 1.54) is 0 Å². The van der Waals surface area contributed by atoms with Crippen molar-refractivity contribution < 1.29 is 28.9 Å². The van der Waals surface area contributed by atoms with Gasteiger partial charge >= 0.3 is 5.97 Å². The number of aliphatic carboxylic acids is 1. The highest BCUT2D eigenvalue weighted by Crippen LogP contribution is 2.17. The number of carboxylic acid groups (broad SMARTS) is 1. The molecule has 0 saturated carbocycles. The number of pyridine rings is 1. The van der Waals surface area contributed by atoms with E-state index in [9.17, 15) is 18.7 Å². The van der Waals surface area contributed by atoms with Gasteiger partial charge in [-0.3, -0.25) is 0 Å². The SMILES string of the molecule is O=C(O)C(O)C(O)c1cnc(F)c(F)c1. The molecule has 0 bridgehead atoms. The molecule has 7 heteroatoms. The molecule has 5 nitrogen and oxygen atoms in total. The summed E-state index contributed by atoms with van der Waals surface area (Å²) in [5.41, 5.74) is -0.316. The molecular weight excluding hydrogens is 212 g/mol. The monoisotopic (exact) mass is 219 g/mol. The Morgan fingerprint density at radius 1 is 1.40 bits per heavy atom. The van der Waals surface area contributed by atoms with Crippen LogP contribution in [0.3, 0.4) is 0 Å². The van der Waals surface area contributed by atoms with E-state index in [0.717, 1.165) is 6.20 Å². The number of nitrogens with zero attached hydrogens (tertiary/aromatic N) is 1. The van der Waals surface area contributed by atoms with Gasteiger partial charge in [0.25, 0.3) is 0 Å². The van der Waals surface area contributed by atoms with Crippen molar-refractivity contribution in [3.8, 4) is 0 Å². The van der Waals surface area contributed by atoms with Crippen LogP contribution in [0.25, 0.3) is 0 Å². The van der Waals surface area contributed by atoms with Crippen molar-refractivity contribution in [3.05, 3.63) is 29.6 Å². The van der Waals surface area contributed by atoms with Crippen LogP contribution in [-0.4, -0.2) is 32.4 Å². The Morgan fingerprint density at radius 2 is 2.00 bits per heavy atom. The van der Waals surface area contributed by atoms with Gasteiger partial charge in [-0.05, 0) is 6.07 Å². The standard InChI is InChI=1S/C8H7F2NO4/c9-4-1-3(2-11-7(4)10)5(12)6(13)8(14)15/h1-2,5-6,12-13H,(H,14,15). The van der Waals surface area contributed by atoms with Crippen molar-refractivity contribution in [2.45, 2.75) is 12.2 Å². The quantitative estimate of drug-likeness (QED) is 0.614. The normalized spacial score (nSPS) is 14.7. The van der Waals surface area contributed by atoms with E-state index in [2.05, 4.69) is 4.98 Å². The minimum absolute atomic E-state index is 0.316. The predicted molar refractivity (Wildman–Crippen MR) is 42.8 cm³/mol. The summed E-state index contributed by atoms with van der Waals surface area (Å²) in [5.74, 6) is -4.37. The number of carboxylic acids is 1. The zero-order valence-corrected chi connectivity index (χ0v) is 7.26. The Bertz CT molecular complexity index is 385. The lowest BCUT2D eigenvalue weighted by Crippen LogP contribution is -2.27. The Morgan fingerprint density at radius 3 is 2.47 bits per heavy atom. The van der Waals surface area contributed by atoms with Crippen molar-refractivity contribution in [3.63, 3.8) is 0 Å². The molecule has 82 valence electrons. The zero-order valence-electron chi connectivity index (χ0n) is 7.26. The summed E-state index contributed by atoms with van der Waals surface area (Å²) in [4.78, 5) is 13.2. The number of rotatable bonds is 3. The van der Waals surface area contributed by atoms with Gasteiger partial charge in [0.2, 0.25) is 5.95 Å². The summed E-state index contributed by atoms with van der Waals surface area (Å²) in [6, 6.07) is 0.569. The summed E-state index contributed by atoms with van der Waals surface area (Å²) in [6.45, 7) is 0. The molecule has 1 heterocycles. The van der Waals surface area contributed by atoms with E-state index in [0.29, 0.717) is 6.07 Å². The molecule has 0 fully saturated rings. The average Bonchev–Trinajstić information content (AvgIpc) is 2.19. The molecule has 0 saturated heterocycles. The van der Waals surface area contributed by atoms with Crippen molar-refractivity contribution in [2.75, 3.05) is 0 Å². The highest BCUT2D eigenvalue weighted by Gasteiger charge is 2.26. The number of halogens is 2. The topological polar surface area (TPSA) is 90.7 Å². The van der Waals surface area contributed by atoms with Crippen LogP contribution in [0.5, 0.6) is 0 Å². The summed E-state index contributed by atoms with van der Waals surface area (Å²) >= 11 is 0. The van der Waals surface area contributed by atoms with Crippen molar-refractivity contribution in [1.29, 1.82) is 0 Å². The van der Waals surface area contributed by atoms with Gasteiger partial charge in [0.15, 0.2) is 11.9 Å². The second kappa shape index (κ2) is 4.28. The fraction of sp³-hybridized carbons (Fsp3) is 0.250. The molecule has 0 spiro atoms. The molecule has 0 aliphatic heterocycles. The van der Waals surface area contributed by atoms with E-state index in [4.69, 9.17) is 10.2 Å². The Balaban J connectivity index is 2.96. The molecule has 1 aromatic rings. The van der Waals surface area contributed by atoms with Crippen LogP contribution in [0.15, 0.2) is 12.3 Å². The van der Waals surface area contributed by atoms with Crippen LogP contribution in [0, 0.1) is 11.8 Å². The highest BCUT2D eigenvalue weighted by atomic mass is 19.2. The predicted octanol–water partition coefficient (Wildman–Crippen LogP) is -0.161. The van der Waals surface area contributed by atoms with E-state index in [1.54, 1.807) is 0 Å². The van der Waals surface area contributed by atoms with E-state index in [1.807, 2.05) is 0 Å². The smallest absolute Gasteiger partial charge is 0.335 e. The first-order valence-electron chi connectivity index (χ1n) is 3.83. The summed E-state index contributed by atoms with van der Waals surface area (Å²) in [5, 5.41) is 26.5. The number of hydrogen-bond donors (Lipinski definition) is 3.